The smallest absolute Gasteiger partial charge is 0.197 e. The molecule has 0 spiro atoms. The molecule has 1 unspecified atom stereocenters. The molecule has 4 rings (SSSR count). The van der Waals surface area contributed by atoms with Gasteiger partial charge >= 0.3 is 0 Å². The first-order chi connectivity index (χ1) is 11.3. The van der Waals surface area contributed by atoms with Gasteiger partial charge in [-0.3, -0.25) is 0 Å². The van der Waals surface area contributed by atoms with Crippen molar-refractivity contribution in [3.63, 3.8) is 0 Å². The Morgan fingerprint density at radius 1 is 1.22 bits per heavy atom. The summed E-state index contributed by atoms with van der Waals surface area (Å²) < 4.78 is 7.61. The number of imidazole rings is 1. The third-order valence-corrected chi connectivity index (χ3v) is 4.20. The van der Waals surface area contributed by atoms with Crippen LogP contribution in [0.4, 0.5) is 0 Å². The van der Waals surface area contributed by atoms with Crippen LogP contribution in [0.2, 0.25) is 0 Å². The molecule has 118 valence electrons. The number of benzene rings is 1. The van der Waals surface area contributed by atoms with Crippen LogP contribution in [-0.2, 0) is 11.3 Å². The SMILES string of the molecule is Oc1ccc(-c2cnc3ncn(CC4CCCOC4)c3n2)cc1. The number of phenolic OH excluding ortho intramolecular Hbond substituents is 1. The van der Waals surface area contributed by atoms with Crippen LogP contribution in [0.5, 0.6) is 5.75 Å². The normalized spacial score (nSPS) is 18.3. The molecular formula is C17H18N4O2. The number of phenols is 1. The maximum atomic E-state index is 9.41. The second-order valence-electron chi connectivity index (χ2n) is 5.93. The Hall–Kier alpha value is -2.47. The molecule has 23 heavy (non-hydrogen) atoms. The first kappa shape index (κ1) is 14.1. The lowest BCUT2D eigenvalue weighted by atomic mass is 10.0. The van der Waals surface area contributed by atoms with E-state index in [0.29, 0.717) is 11.6 Å². The minimum atomic E-state index is 0.241. The zero-order valence-electron chi connectivity index (χ0n) is 12.7. The summed E-state index contributed by atoms with van der Waals surface area (Å²) in [5, 5.41) is 9.41. The molecule has 0 saturated carbocycles. The van der Waals surface area contributed by atoms with E-state index in [-0.39, 0.29) is 5.75 Å². The van der Waals surface area contributed by atoms with Crippen molar-refractivity contribution in [3.05, 3.63) is 36.8 Å². The highest BCUT2D eigenvalue weighted by atomic mass is 16.5. The van der Waals surface area contributed by atoms with Gasteiger partial charge in [-0.15, -0.1) is 0 Å². The molecule has 2 aromatic heterocycles. The quantitative estimate of drug-likeness (QED) is 0.805. The van der Waals surface area contributed by atoms with E-state index in [4.69, 9.17) is 9.72 Å². The second kappa shape index (κ2) is 5.96. The summed E-state index contributed by atoms with van der Waals surface area (Å²) in [6, 6.07) is 6.97. The van der Waals surface area contributed by atoms with Crippen LogP contribution in [0.1, 0.15) is 12.8 Å². The maximum Gasteiger partial charge on any atom is 0.197 e. The zero-order chi connectivity index (χ0) is 15.6. The van der Waals surface area contributed by atoms with Gasteiger partial charge in [-0.1, -0.05) is 0 Å². The number of aromatic nitrogens is 4. The zero-order valence-corrected chi connectivity index (χ0v) is 12.7. The molecule has 1 N–H and O–H groups in total. The summed E-state index contributed by atoms with van der Waals surface area (Å²) in [5.74, 6) is 0.741. The molecular weight excluding hydrogens is 292 g/mol. The van der Waals surface area contributed by atoms with Crippen LogP contribution in [0.3, 0.4) is 0 Å². The number of fused-ring (bicyclic) bond motifs is 1. The molecule has 1 saturated heterocycles. The Balaban J connectivity index is 1.66. The number of hydrogen-bond acceptors (Lipinski definition) is 5. The van der Waals surface area contributed by atoms with E-state index in [1.54, 1.807) is 24.7 Å². The Morgan fingerprint density at radius 3 is 2.87 bits per heavy atom. The predicted molar refractivity (Wildman–Crippen MR) is 86.0 cm³/mol. The average Bonchev–Trinajstić information content (AvgIpc) is 2.99. The van der Waals surface area contributed by atoms with Crippen molar-refractivity contribution in [2.45, 2.75) is 19.4 Å². The largest absolute Gasteiger partial charge is 0.508 e. The molecule has 1 aromatic carbocycles. The number of rotatable bonds is 3. The summed E-state index contributed by atoms with van der Waals surface area (Å²) in [4.78, 5) is 13.5. The van der Waals surface area contributed by atoms with Gasteiger partial charge in [0, 0.05) is 24.6 Å². The fraction of sp³-hybridized carbons (Fsp3) is 0.353. The molecule has 0 amide bonds. The van der Waals surface area contributed by atoms with Crippen LogP contribution in [0.15, 0.2) is 36.8 Å². The fourth-order valence-corrected chi connectivity index (χ4v) is 2.97. The standard InChI is InChI=1S/C17H18N4O2/c22-14-5-3-13(4-6-14)15-8-18-16-17(20-15)21(11-19-16)9-12-2-1-7-23-10-12/h3-6,8,11-12,22H,1-2,7,9-10H2. The third kappa shape index (κ3) is 2.90. The number of nitrogens with zero attached hydrogens (tertiary/aromatic N) is 4. The summed E-state index contributed by atoms with van der Waals surface area (Å²) in [6.07, 6.45) is 5.81. The minimum absolute atomic E-state index is 0.241. The van der Waals surface area contributed by atoms with Gasteiger partial charge in [0.2, 0.25) is 0 Å². The van der Waals surface area contributed by atoms with Crippen molar-refractivity contribution in [1.29, 1.82) is 0 Å². The Labute approximate surface area is 133 Å². The van der Waals surface area contributed by atoms with Crippen LogP contribution in [0, 0.1) is 5.92 Å². The van der Waals surface area contributed by atoms with E-state index < -0.39 is 0 Å². The lowest BCUT2D eigenvalue weighted by molar-refractivity contribution is 0.0487. The third-order valence-electron chi connectivity index (χ3n) is 4.20. The average molecular weight is 310 g/mol. The van der Waals surface area contributed by atoms with Gasteiger partial charge in [-0.25, -0.2) is 15.0 Å². The van der Waals surface area contributed by atoms with Gasteiger partial charge in [0.15, 0.2) is 11.3 Å². The predicted octanol–water partition coefficient (Wildman–Crippen LogP) is 2.63. The highest BCUT2D eigenvalue weighted by Crippen LogP contribution is 2.22. The van der Waals surface area contributed by atoms with E-state index in [1.165, 1.54) is 6.42 Å². The van der Waals surface area contributed by atoms with E-state index >= 15 is 0 Å². The summed E-state index contributed by atoms with van der Waals surface area (Å²) in [6.45, 7) is 2.51. The highest BCUT2D eigenvalue weighted by Gasteiger charge is 2.17. The number of ether oxygens (including phenoxy) is 1. The Morgan fingerprint density at radius 2 is 2.09 bits per heavy atom. The summed E-state index contributed by atoms with van der Waals surface area (Å²) in [7, 11) is 0. The minimum Gasteiger partial charge on any atom is -0.508 e. The monoisotopic (exact) mass is 310 g/mol. The summed E-state index contributed by atoms with van der Waals surface area (Å²) in [5.41, 5.74) is 3.15. The van der Waals surface area contributed by atoms with Gasteiger partial charge in [0.25, 0.3) is 0 Å². The Bertz CT molecular complexity index is 807. The summed E-state index contributed by atoms with van der Waals surface area (Å²) >= 11 is 0. The molecule has 1 aliphatic heterocycles. The molecule has 0 aliphatic carbocycles. The molecule has 3 heterocycles. The molecule has 1 atom stereocenters. The number of aromatic hydroxyl groups is 1. The highest BCUT2D eigenvalue weighted by molar-refractivity contribution is 5.71. The van der Waals surface area contributed by atoms with Crippen molar-refractivity contribution in [2.75, 3.05) is 13.2 Å². The molecule has 6 heteroatoms. The first-order valence-electron chi connectivity index (χ1n) is 7.84. The van der Waals surface area contributed by atoms with Crippen molar-refractivity contribution in [2.24, 2.45) is 5.92 Å². The van der Waals surface area contributed by atoms with Crippen molar-refractivity contribution >= 4 is 11.3 Å². The van der Waals surface area contributed by atoms with Gasteiger partial charge in [-0.2, -0.15) is 0 Å². The van der Waals surface area contributed by atoms with E-state index in [1.807, 2.05) is 12.1 Å². The maximum absolute atomic E-state index is 9.41. The van der Waals surface area contributed by atoms with Gasteiger partial charge in [-0.05, 0) is 37.1 Å². The van der Waals surface area contributed by atoms with Crippen LogP contribution >= 0.6 is 0 Å². The molecule has 0 radical (unpaired) electrons. The lowest BCUT2D eigenvalue weighted by Crippen LogP contribution is -2.21. The van der Waals surface area contributed by atoms with Crippen LogP contribution in [0.25, 0.3) is 22.6 Å². The first-order valence-corrected chi connectivity index (χ1v) is 7.84. The second-order valence-corrected chi connectivity index (χ2v) is 5.93. The topological polar surface area (TPSA) is 73.1 Å². The van der Waals surface area contributed by atoms with Gasteiger partial charge in [0.1, 0.15) is 5.75 Å². The molecule has 3 aromatic rings. The van der Waals surface area contributed by atoms with Crippen molar-refractivity contribution < 1.29 is 9.84 Å². The van der Waals surface area contributed by atoms with Crippen LogP contribution in [-0.4, -0.2) is 37.8 Å². The molecule has 1 fully saturated rings. The van der Waals surface area contributed by atoms with E-state index in [2.05, 4.69) is 14.5 Å². The van der Waals surface area contributed by atoms with E-state index in [0.717, 1.165) is 43.1 Å². The Kier molecular flexibility index (Phi) is 3.67. The van der Waals surface area contributed by atoms with Crippen molar-refractivity contribution in [3.8, 4) is 17.0 Å². The molecule has 1 aliphatic rings. The van der Waals surface area contributed by atoms with Crippen molar-refractivity contribution in [1.82, 2.24) is 19.5 Å². The van der Waals surface area contributed by atoms with Crippen LogP contribution < -0.4 is 0 Å². The van der Waals surface area contributed by atoms with Gasteiger partial charge in [0.05, 0.1) is 24.8 Å². The molecule has 0 bridgehead atoms. The fourth-order valence-electron chi connectivity index (χ4n) is 2.97. The lowest BCUT2D eigenvalue weighted by Gasteiger charge is -2.22. The molecule has 6 nitrogen and oxygen atoms in total. The van der Waals surface area contributed by atoms with E-state index in [9.17, 15) is 5.11 Å². The van der Waals surface area contributed by atoms with Gasteiger partial charge < -0.3 is 14.4 Å². The number of hydrogen-bond donors (Lipinski definition) is 1.